The van der Waals surface area contributed by atoms with E-state index >= 15 is 0 Å². The van der Waals surface area contributed by atoms with Crippen molar-refractivity contribution in [1.82, 2.24) is 15.0 Å². The molecular weight excluding hydrogens is 250 g/mol. The summed E-state index contributed by atoms with van der Waals surface area (Å²) < 4.78 is 27.2. The van der Waals surface area contributed by atoms with Crippen LogP contribution in [0, 0.1) is 0 Å². The molecular formula is C12H19N3O2S. The summed E-state index contributed by atoms with van der Waals surface area (Å²) in [7, 11) is -3.35. The van der Waals surface area contributed by atoms with E-state index in [0.717, 1.165) is 25.9 Å². The van der Waals surface area contributed by atoms with E-state index in [2.05, 4.69) is 15.0 Å². The molecule has 0 saturated carbocycles. The smallest absolute Gasteiger partial charge is 0.220 e. The zero-order valence-electron chi connectivity index (χ0n) is 10.5. The van der Waals surface area contributed by atoms with Crippen molar-refractivity contribution >= 4 is 10.0 Å². The molecule has 0 amide bonds. The molecule has 2 heterocycles. The summed E-state index contributed by atoms with van der Waals surface area (Å²) in [5.74, 6) is 0. The topological polar surface area (TPSA) is 71.1 Å². The van der Waals surface area contributed by atoms with Gasteiger partial charge in [0.15, 0.2) is 0 Å². The molecule has 1 fully saturated rings. The van der Waals surface area contributed by atoms with Gasteiger partial charge in [0.2, 0.25) is 10.0 Å². The lowest BCUT2D eigenvalue weighted by Crippen LogP contribution is -2.43. The predicted molar refractivity (Wildman–Crippen MR) is 70.6 cm³/mol. The fraction of sp³-hybridized carbons (Fsp3) is 0.583. The molecule has 1 aromatic heterocycles. The summed E-state index contributed by atoms with van der Waals surface area (Å²) in [6, 6.07) is 5.37. The third kappa shape index (κ3) is 3.28. The van der Waals surface area contributed by atoms with Crippen LogP contribution in [0.25, 0.3) is 0 Å². The molecule has 1 aliphatic heterocycles. The van der Waals surface area contributed by atoms with Crippen LogP contribution in [0.3, 0.4) is 0 Å². The number of pyridine rings is 1. The monoisotopic (exact) mass is 269 g/mol. The van der Waals surface area contributed by atoms with Crippen LogP contribution in [0.5, 0.6) is 0 Å². The molecule has 0 unspecified atom stereocenters. The van der Waals surface area contributed by atoms with Crippen molar-refractivity contribution in [2.45, 2.75) is 31.1 Å². The van der Waals surface area contributed by atoms with Crippen LogP contribution in [0.4, 0.5) is 0 Å². The van der Waals surface area contributed by atoms with Crippen LogP contribution < -0.4 is 10.0 Å². The lowest BCUT2D eigenvalue weighted by atomic mass is 10.1. The minimum atomic E-state index is -3.35. The molecule has 0 spiro atoms. The van der Waals surface area contributed by atoms with E-state index in [-0.39, 0.29) is 6.04 Å². The van der Waals surface area contributed by atoms with E-state index < -0.39 is 15.3 Å². The molecule has 0 bridgehead atoms. The lowest BCUT2D eigenvalue weighted by Gasteiger charge is -2.25. The van der Waals surface area contributed by atoms with Crippen molar-refractivity contribution in [2.75, 3.05) is 13.1 Å². The highest BCUT2D eigenvalue weighted by Gasteiger charge is 2.27. The summed E-state index contributed by atoms with van der Waals surface area (Å²) >= 11 is 0. The normalized spacial score (nSPS) is 19.6. The Morgan fingerprint density at radius 2 is 2.11 bits per heavy atom. The number of rotatable bonds is 4. The Balaban J connectivity index is 2.06. The Bertz CT molecular complexity index is 469. The standard InChI is InChI=1S/C12H19N3O2S/c1-10(12-4-2-3-7-14-12)18(16,17)15-11-5-8-13-9-6-11/h2-4,7,10-11,13,15H,5-6,8-9H2,1H3/t10-/m0/s1. The summed E-state index contributed by atoms with van der Waals surface area (Å²) in [6.07, 6.45) is 3.30. The first-order valence-corrected chi connectivity index (χ1v) is 7.77. The molecule has 1 aromatic rings. The second-order valence-electron chi connectivity index (χ2n) is 4.58. The fourth-order valence-electron chi connectivity index (χ4n) is 2.05. The highest BCUT2D eigenvalue weighted by Crippen LogP contribution is 2.19. The van der Waals surface area contributed by atoms with Crippen LogP contribution >= 0.6 is 0 Å². The van der Waals surface area contributed by atoms with Gasteiger partial charge >= 0.3 is 0 Å². The van der Waals surface area contributed by atoms with Gasteiger partial charge in [0.25, 0.3) is 0 Å². The molecule has 0 aromatic carbocycles. The highest BCUT2D eigenvalue weighted by molar-refractivity contribution is 7.89. The third-order valence-corrected chi connectivity index (χ3v) is 5.07. The van der Waals surface area contributed by atoms with Crippen molar-refractivity contribution in [3.8, 4) is 0 Å². The summed E-state index contributed by atoms with van der Waals surface area (Å²) in [6.45, 7) is 3.40. The van der Waals surface area contributed by atoms with Crippen LogP contribution in [-0.4, -0.2) is 32.5 Å². The number of hydrogen-bond acceptors (Lipinski definition) is 4. The van der Waals surface area contributed by atoms with Gasteiger partial charge in [0.05, 0.1) is 5.69 Å². The first-order chi connectivity index (χ1) is 8.59. The fourth-order valence-corrected chi connectivity index (χ4v) is 3.41. The number of aromatic nitrogens is 1. The van der Waals surface area contributed by atoms with Gasteiger partial charge < -0.3 is 5.32 Å². The Morgan fingerprint density at radius 1 is 1.39 bits per heavy atom. The molecule has 2 N–H and O–H groups in total. The van der Waals surface area contributed by atoms with Crippen LogP contribution in [0.1, 0.15) is 30.7 Å². The zero-order valence-corrected chi connectivity index (χ0v) is 11.3. The Kier molecular flexibility index (Phi) is 4.31. The van der Waals surface area contributed by atoms with Gasteiger partial charge in [-0.25, -0.2) is 13.1 Å². The number of sulfonamides is 1. The maximum Gasteiger partial charge on any atom is 0.220 e. The summed E-state index contributed by atoms with van der Waals surface area (Å²) in [5.41, 5.74) is 0.582. The average Bonchev–Trinajstić information content (AvgIpc) is 2.39. The largest absolute Gasteiger partial charge is 0.317 e. The molecule has 0 radical (unpaired) electrons. The summed E-state index contributed by atoms with van der Waals surface area (Å²) in [5, 5.41) is 2.60. The van der Waals surface area contributed by atoms with Crippen molar-refractivity contribution in [2.24, 2.45) is 0 Å². The van der Waals surface area contributed by atoms with E-state index in [9.17, 15) is 8.42 Å². The van der Waals surface area contributed by atoms with Gasteiger partial charge in [-0.1, -0.05) is 6.07 Å². The molecule has 18 heavy (non-hydrogen) atoms. The van der Waals surface area contributed by atoms with Gasteiger partial charge in [-0.15, -0.1) is 0 Å². The Morgan fingerprint density at radius 3 is 2.72 bits per heavy atom. The van der Waals surface area contributed by atoms with E-state index in [0.29, 0.717) is 5.69 Å². The van der Waals surface area contributed by atoms with Crippen LogP contribution in [0.2, 0.25) is 0 Å². The molecule has 1 aliphatic rings. The van der Waals surface area contributed by atoms with Crippen molar-refractivity contribution in [3.63, 3.8) is 0 Å². The third-order valence-electron chi connectivity index (χ3n) is 3.24. The van der Waals surface area contributed by atoms with E-state index in [1.165, 1.54) is 0 Å². The number of piperidine rings is 1. The molecule has 100 valence electrons. The first-order valence-electron chi connectivity index (χ1n) is 6.22. The highest BCUT2D eigenvalue weighted by atomic mass is 32.2. The van der Waals surface area contributed by atoms with E-state index in [4.69, 9.17) is 0 Å². The Labute approximate surface area is 108 Å². The molecule has 6 heteroatoms. The number of nitrogens with zero attached hydrogens (tertiary/aromatic N) is 1. The van der Waals surface area contributed by atoms with Gasteiger partial charge in [0, 0.05) is 12.2 Å². The first kappa shape index (κ1) is 13.5. The van der Waals surface area contributed by atoms with Crippen molar-refractivity contribution in [1.29, 1.82) is 0 Å². The average molecular weight is 269 g/mol. The second-order valence-corrected chi connectivity index (χ2v) is 6.62. The van der Waals surface area contributed by atoms with E-state index in [1.807, 2.05) is 0 Å². The maximum atomic E-state index is 12.2. The van der Waals surface area contributed by atoms with Gasteiger partial charge in [-0.3, -0.25) is 4.98 Å². The lowest BCUT2D eigenvalue weighted by molar-refractivity contribution is 0.425. The van der Waals surface area contributed by atoms with E-state index in [1.54, 1.807) is 31.3 Å². The van der Waals surface area contributed by atoms with Gasteiger partial charge in [-0.2, -0.15) is 0 Å². The molecule has 1 atom stereocenters. The number of nitrogens with one attached hydrogen (secondary N) is 2. The second kappa shape index (κ2) is 5.77. The minimum Gasteiger partial charge on any atom is -0.317 e. The maximum absolute atomic E-state index is 12.2. The molecule has 1 saturated heterocycles. The van der Waals surface area contributed by atoms with Crippen LogP contribution in [-0.2, 0) is 10.0 Å². The quantitative estimate of drug-likeness (QED) is 0.848. The van der Waals surface area contributed by atoms with Crippen molar-refractivity contribution in [3.05, 3.63) is 30.1 Å². The van der Waals surface area contributed by atoms with Crippen LogP contribution in [0.15, 0.2) is 24.4 Å². The summed E-state index contributed by atoms with van der Waals surface area (Å²) in [4.78, 5) is 4.11. The molecule has 0 aliphatic carbocycles. The Hall–Kier alpha value is -0.980. The van der Waals surface area contributed by atoms with Crippen molar-refractivity contribution < 1.29 is 8.42 Å². The number of hydrogen-bond donors (Lipinski definition) is 2. The van der Waals surface area contributed by atoms with Gasteiger partial charge in [0.1, 0.15) is 5.25 Å². The minimum absolute atomic E-state index is 0.0439. The molecule has 2 rings (SSSR count). The molecule has 5 nitrogen and oxygen atoms in total. The SMILES string of the molecule is C[C@@H](c1ccccn1)S(=O)(=O)NC1CCNCC1. The zero-order chi connectivity index (χ0) is 13.0. The van der Waals surface area contributed by atoms with Gasteiger partial charge in [-0.05, 0) is 45.0 Å². The predicted octanol–water partition coefficient (Wildman–Crippen LogP) is 0.814.